The zero-order chi connectivity index (χ0) is 17.6. The highest BCUT2D eigenvalue weighted by atomic mass is 35.5. The predicted octanol–water partition coefficient (Wildman–Crippen LogP) is 3.55. The topological polar surface area (TPSA) is 50.4 Å². The van der Waals surface area contributed by atoms with E-state index in [4.69, 9.17) is 4.74 Å². The Morgan fingerprint density at radius 2 is 1.96 bits per heavy atom. The fraction of sp³-hybridized carbons (Fsp3) is 0.350. The highest BCUT2D eigenvalue weighted by molar-refractivity contribution is 5.97. The minimum Gasteiger partial charge on any atom is -0.488 e. The van der Waals surface area contributed by atoms with Gasteiger partial charge in [0.15, 0.2) is 0 Å². The summed E-state index contributed by atoms with van der Waals surface area (Å²) in [7, 11) is 0. The van der Waals surface area contributed by atoms with Crippen molar-refractivity contribution in [2.24, 2.45) is 5.92 Å². The van der Waals surface area contributed by atoms with Crippen molar-refractivity contribution in [1.82, 2.24) is 10.6 Å². The molecular weight excluding hydrogens is 355 g/mol. The molecule has 3 rings (SSSR count). The molecule has 1 aliphatic rings. The third-order valence-corrected chi connectivity index (χ3v) is 4.58. The molecule has 1 aliphatic heterocycles. The smallest absolute Gasteiger partial charge is 0.255 e. The van der Waals surface area contributed by atoms with Gasteiger partial charge >= 0.3 is 0 Å². The van der Waals surface area contributed by atoms with Crippen LogP contribution in [0.5, 0.6) is 5.75 Å². The Hall–Kier alpha value is -2.11. The molecule has 140 valence electrons. The summed E-state index contributed by atoms with van der Waals surface area (Å²) in [6, 6.07) is 13.5. The average Bonchev–Trinajstić information content (AvgIpc) is 2.63. The number of hydrogen-bond donors (Lipinski definition) is 2. The first-order valence-electron chi connectivity index (χ1n) is 8.61. The van der Waals surface area contributed by atoms with Crippen LogP contribution in [-0.2, 0) is 6.61 Å². The number of hydrogen-bond acceptors (Lipinski definition) is 3. The summed E-state index contributed by atoms with van der Waals surface area (Å²) in [5.41, 5.74) is 1.36. The van der Waals surface area contributed by atoms with Crippen LogP contribution in [-0.4, -0.2) is 25.0 Å². The van der Waals surface area contributed by atoms with Crippen LogP contribution in [0.25, 0.3) is 0 Å². The predicted molar refractivity (Wildman–Crippen MR) is 102 cm³/mol. The minimum atomic E-state index is -0.279. The second kappa shape index (κ2) is 9.55. The van der Waals surface area contributed by atoms with E-state index < -0.39 is 0 Å². The van der Waals surface area contributed by atoms with E-state index in [9.17, 15) is 9.18 Å². The molecule has 2 N–H and O–H groups in total. The number of benzene rings is 2. The summed E-state index contributed by atoms with van der Waals surface area (Å²) < 4.78 is 18.8. The molecule has 0 aliphatic carbocycles. The normalized spacial score (nSPS) is 19.3. The van der Waals surface area contributed by atoms with Gasteiger partial charge in [-0.05, 0) is 48.7 Å². The van der Waals surface area contributed by atoms with E-state index in [-0.39, 0.29) is 36.8 Å². The van der Waals surface area contributed by atoms with Crippen molar-refractivity contribution in [2.75, 3.05) is 13.1 Å². The second-order valence-electron chi connectivity index (χ2n) is 6.46. The lowest BCUT2D eigenvalue weighted by molar-refractivity contribution is 0.0910. The first kappa shape index (κ1) is 20.2. The number of para-hydroxylation sites is 1. The molecule has 0 radical (unpaired) electrons. The maximum Gasteiger partial charge on any atom is 0.255 e. The number of carbonyl (C=O) groups excluding carboxylic acids is 1. The maximum absolute atomic E-state index is 13.0. The van der Waals surface area contributed by atoms with Gasteiger partial charge in [0.05, 0.1) is 5.56 Å². The van der Waals surface area contributed by atoms with Crippen molar-refractivity contribution in [3.8, 4) is 5.75 Å². The molecule has 1 heterocycles. The Morgan fingerprint density at radius 1 is 1.23 bits per heavy atom. The summed E-state index contributed by atoms with van der Waals surface area (Å²) in [5.74, 6) is 0.562. The van der Waals surface area contributed by atoms with E-state index in [1.54, 1.807) is 24.3 Å². The highest BCUT2D eigenvalue weighted by Gasteiger charge is 2.24. The van der Waals surface area contributed by atoms with E-state index in [0.717, 1.165) is 25.1 Å². The molecule has 1 amide bonds. The number of carbonyl (C=O) groups is 1. The SMILES string of the molecule is CC1CCNCC1NC(=O)c1ccccc1OCc1ccc(F)cc1.Cl. The van der Waals surface area contributed by atoms with E-state index in [0.29, 0.717) is 17.2 Å². The molecular formula is C20H24ClFN2O2. The molecule has 0 bridgehead atoms. The van der Waals surface area contributed by atoms with Crippen LogP contribution in [0.15, 0.2) is 48.5 Å². The first-order valence-corrected chi connectivity index (χ1v) is 8.61. The van der Waals surface area contributed by atoms with Crippen LogP contribution in [0.3, 0.4) is 0 Å². The summed E-state index contributed by atoms with van der Waals surface area (Å²) in [6.45, 7) is 4.21. The number of piperidine rings is 1. The Kier molecular flexibility index (Phi) is 7.42. The summed E-state index contributed by atoms with van der Waals surface area (Å²) in [4.78, 5) is 12.7. The second-order valence-corrected chi connectivity index (χ2v) is 6.46. The number of ether oxygens (including phenoxy) is 1. The third kappa shape index (κ3) is 5.19. The zero-order valence-corrected chi connectivity index (χ0v) is 15.5. The monoisotopic (exact) mass is 378 g/mol. The van der Waals surface area contributed by atoms with Crippen molar-refractivity contribution in [3.63, 3.8) is 0 Å². The molecule has 1 saturated heterocycles. The van der Waals surface area contributed by atoms with Crippen LogP contribution in [0.4, 0.5) is 4.39 Å². The van der Waals surface area contributed by atoms with E-state index in [1.807, 2.05) is 12.1 Å². The maximum atomic E-state index is 13.0. The van der Waals surface area contributed by atoms with Crippen LogP contribution < -0.4 is 15.4 Å². The lowest BCUT2D eigenvalue weighted by atomic mass is 9.94. The van der Waals surface area contributed by atoms with Crippen molar-refractivity contribution in [3.05, 3.63) is 65.5 Å². The molecule has 0 spiro atoms. The molecule has 0 aromatic heterocycles. The van der Waals surface area contributed by atoms with Crippen LogP contribution >= 0.6 is 12.4 Å². The quantitative estimate of drug-likeness (QED) is 0.836. The third-order valence-electron chi connectivity index (χ3n) is 4.58. The molecule has 2 aromatic carbocycles. The Labute approximate surface area is 159 Å². The largest absolute Gasteiger partial charge is 0.488 e. The van der Waals surface area contributed by atoms with Gasteiger partial charge in [0.25, 0.3) is 5.91 Å². The van der Waals surface area contributed by atoms with Crippen molar-refractivity contribution >= 4 is 18.3 Å². The number of rotatable bonds is 5. The minimum absolute atomic E-state index is 0. The van der Waals surface area contributed by atoms with Gasteiger partial charge in [-0.15, -0.1) is 12.4 Å². The number of amides is 1. The Balaban J connectivity index is 0.00000243. The summed E-state index contributed by atoms with van der Waals surface area (Å²) >= 11 is 0. The highest BCUT2D eigenvalue weighted by Crippen LogP contribution is 2.21. The lowest BCUT2D eigenvalue weighted by Gasteiger charge is -2.30. The fourth-order valence-electron chi connectivity index (χ4n) is 2.95. The molecule has 2 unspecified atom stereocenters. The fourth-order valence-corrected chi connectivity index (χ4v) is 2.95. The molecule has 4 nitrogen and oxygen atoms in total. The lowest BCUT2D eigenvalue weighted by Crippen LogP contribution is -2.50. The van der Waals surface area contributed by atoms with Gasteiger partial charge in [0, 0.05) is 12.6 Å². The van der Waals surface area contributed by atoms with Crippen LogP contribution in [0.2, 0.25) is 0 Å². The molecule has 6 heteroatoms. The standard InChI is InChI=1S/C20H23FN2O2.ClH/c1-14-10-11-22-12-18(14)23-20(24)17-4-2-3-5-19(17)25-13-15-6-8-16(21)9-7-15;/h2-9,14,18,22H,10-13H2,1H3,(H,23,24);1H. The molecule has 2 atom stereocenters. The van der Waals surface area contributed by atoms with Gasteiger partial charge in [-0.2, -0.15) is 0 Å². The van der Waals surface area contributed by atoms with Gasteiger partial charge in [0.1, 0.15) is 18.2 Å². The van der Waals surface area contributed by atoms with E-state index in [1.165, 1.54) is 12.1 Å². The van der Waals surface area contributed by atoms with Crippen molar-refractivity contribution in [2.45, 2.75) is 26.0 Å². The number of halogens is 2. The average molecular weight is 379 g/mol. The summed E-state index contributed by atoms with van der Waals surface area (Å²) in [6.07, 6.45) is 1.05. The number of nitrogens with one attached hydrogen (secondary N) is 2. The zero-order valence-electron chi connectivity index (χ0n) is 14.7. The Morgan fingerprint density at radius 3 is 2.69 bits per heavy atom. The molecule has 1 fully saturated rings. The Bertz CT molecular complexity index is 724. The molecule has 0 saturated carbocycles. The van der Waals surface area contributed by atoms with Gasteiger partial charge in [-0.25, -0.2) is 4.39 Å². The van der Waals surface area contributed by atoms with Gasteiger partial charge in [-0.1, -0.05) is 31.2 Å². The van der Waals surface area contributed by atoms with Crippen molar-refractivity contribution < 1.29 is 13.9 Å². The molecule has 2 aromatic rings. The van der Waals surface area contributed by atoms with E-state index >= 15 is 0 Å². The van der Waals surface area contributed by atoms with Gasteiger partial charge < -0.3 is 15.4 Å². The van der Waals surface area contributed by atoms with E-state index in [2.05, 4.69) is 17.6 Å². The van der Waals surface area contributed by atoms with Crippen LogP contribution in [0, 0.1) is 11.7 Å². The first-order chi connectivity index (χ1) is 12.1. The van der Waals surface area contributed by atoms with Gasteiger partial charge in [0.2, 0.25) is 0 Å². The van der Waals surface area contributed by atoms with Crippen molar-refractivity contribution in [1.29, 1.82) is 0 Å². The molecule has 26 heavy (non-hydrogen) atoms. The van der Waals surface area contributed by atoms with Gasteiger partial charge in [-0.3, -0.25) is 4.79 Å². The van der Waals surface area contributed by atoms with Crippen LogP contribution in [0.1, 0.15) is 29.3 Å². The summed E-state index contributed by atoms with van der Waals surface area (Å²) in [5, 5.41) is 6.41.